The fourth-order valence-corrected chi connectivity index (χ4v) is 0.704. The van der Waals surface area contributed by atoms with Crippen LogP contribution in [0.25, 0.3) is 0 Å². The maximum Gasteiger partial charge on any atom is 2.00 e. The van der Waals surface area contributed by atoms with Gasteiger partial charge in [-0.25, -0.2) is 0 Å². The molecule has 0 nitrogen and oxygen atoms in total. The minimum atomic E-state index is 0. The van der Waals surface area contributed by atoms with Crippen LogP contribution in [0.15, 0.2) is 25.3 Å². The molecule has 8 heavy (non-hydrogen) atoms. The molecule has 44 valence electrons. The molecule has 0 fully saturated rings. The van der Waals surface area contributed by atoms with E-state index in [9.17, 15) is 0 Å². The van der Waals surface area contributed by atoms with Crippen molar-refractivity contribution in [3.05, 3.63) is 25.3 Å². The summed E-state index contributed by atoms with van der Waals surface area (Å²) >= 11 is 1.82. The molecule has 0 aromatic rings. The van der Waals surface area contributed by atoms with Gasteiger partial charge in [0.15, 0.2) is 0 Å². The van der Waals surface area contributed by atoms with E-state index in [0.717, 1.165) is 11.5 Å². The smallest absolute Gasteiger partial charge is 1.00 e. The third-order valence-corrected chi connectivity index (χ3v) is 1.41. The van der Waals surface area contributed by atoms with Gasteiger partial charge in [-0.2, -0.15) is 11.8 Å². The normalized spacial score (nSPS) is 7.00. The summed E-state index contributed by atoms with van der Waals surface area (Å²) in [4.78, 5) is 0. The number of rotatable bonds is 4. The first-order valence-corrected chi connectivity index (χ1v) is 3.37. The quantitative estimate of drug-likeness (QED) is 0.340. The third-order valence-electron chi connectivity index (χ3n) is 0.471. The van der Waals surface area contributed by atoms with Gasteiger partial charge >= 0.3 is 37.7 Å². The predicted molar refractivity (Wildman–Crippen MR) is 45.7 cm³/mol. The van der Waals surface area contributed by atoms with Crippen molar-refractivity contribution < 1.29 is 2.85 Å². The Bertz CT molecular complexity index is 60.8. The van der Waals surface area contributed by atoms with Crippen molar-refractivity contribution in [2.45, 2.75) is 0 Å². The van der Waals surface area contributed by atoms with Crippen LogP contribution in [0.4, 0.5) is 0 Å². The fraction of sp³-hybridized carbons (Fsp3) is 0.333. The molecular formula is C6H12CaS. The van der Waals surface area contributed by atoms with E-state index < -0.39 is 0 Å². The molecule has 2 heteroatoms. The predicted octanol–water partition coefficient (Wildman–Crippen LogP) is 1.94. The molecule has 0 spiro atoms. The number of hydrogen-bond acceptors (Lipinski definition) is 1. The maximum absolute atomic E-state index is 3.58. The number of hydrogen-bond donors (Lipinski definition) is 0. The third kappa shape index (κ3) is 10.1. The molecule has 0 unspecified atom stereocenters. The largest absolute Gasteiger partial charge is 2.00 e. The van der Waals surface area contributed by atoms with E-state index in [1.54, 1.807) is 0 Å². The Hall–Kier alpha value is 1.09. The van der Waals surface area contributed by atoms with E-state index in [-0.39, 0.29) is 40.6 Å². The Morgan fingerprint density at radius 3 is 1.88 bits per heavy atom. The van der Waals surface area contributed by atoms with Gasteiger partial charge in [-0.1, -0.05) is 12.2 Å². The van der Waals surface area contributed by atoms with Gasteiger partial charge in [-0.15, -0.1) is 13.2 Å². The Kier molecular flexibility index (Phi) is 16.2. The van der Waals surface area contributed by atoms with Gasteiger partial charge in [0, 0.05) is 11.5 Å². The summed E-state index contributed by atoms with van der Waals surface area (Å²) in [5, 5.41) is 0. The van der Waals surface area contributed by atoms with E-state index in [2.05, 4.69) is 13.2 Å². The second kappa shape index (κ2) is 11.0. The van der Waals surface area contributed by atoms with Crippen molar-refractivity contribution in [2.75, 3.05) is 11.5 Å². The zero-order valence-corrected chi connectivity index (χ0v) is 8.12. The molecule has 0 saturated heterocycles. The molecule has 0 rings (SSSR count). The summed E-state index contributed by atoms with van der Waals surface area (Å²) < 4.78 is 0. The first kappa shape index (κ1) is 11.8. The molecule has 0 aliphatic rings. The van der Waals surface area contributed by atoms with E-state index in [0.29, 0.717) is 0 Å². The van der Waals surface area contributed by atoms with Gasteiger partial charge < -0.3 is 2.85 Å². The van der Waals surface area contributed by atoms with Gasteiger partial charge in [0.25, 0.3) is 0 Å². The summed E-state index contributed by atoms with van der Waals surface area (Å²) in [5.74, 6) is 2.07. The van der Waals surface area contributed by atoms with E-state index in [4.69, 9.17) is 0 Å². The van der Waals surface area contributed by atoms with Crippen LogP contribution >= 0.6 is 11.8 Å². The molecule has 0 bridgehead atoms. The molecule has 0 aliphatic carbocycles. The summed E-state index contributed by atoms with van der Waals surface area (Å²) in [6, 6.07) is 0. The van der Waals surface area contributed by atoms with Gasteiger partial charge in [-0.05, 0) is 0 Å². The zero-order chi connectivity index (χ0) is 5.54. The molecule has 0 N–H and O–H groups in total. The second-order valence-electron chi connectivity index (χ2n) is 1.11. The van der Waals surface area contributed by atoms with Crippen molar-refractivity contribution in [1.29, 1.82) is 0 Å². The summed E-state index contributed by atoms with van der Waals surface area (Å²) in [5.41, 5.74) is 0. The topological polar surface area (TPSA) is 0 Å². The van der Waals surface area contributed by atoms with Crippen molar-refractivity contribution >= 4 is 49.5 Å². The fourth-order valence-electron chi connectivity index (χ4n) is 0.235. The Morgan fingerprint density at radius 2 is 1.62 bits per heavy atom. The molecule has 0 aliphatic heterocycles. The number of thioether (sulfide) groups is 1. The molecule has 0 aromatic heterocycles. The van der Waals surface area contributed by atoms with Crippen molar-refractivity contribution in [3.8, 4) is 0 Å². The van der Waals surface area contributed by atoms with Crippen LogP contribution in [0.1, 0.15) is 2.85 Å². The average molecular weight is 156 g/mol. The van der Waals surface area contributed by atoms with Crippen molar-refractivity contribution in [3.63, 3.8) is 0 Å². The minimum absolute atomic E-state index is 0. The molecule has 0 radical (unpaired) electrons. The van der Waals surface area contributed by atoms with E-state index in [1.807, 2.05) is 23.9 Å². The average Bonchev–Trinajstić information content (AvgIpc) is 1.69. The van der Waals surface area contributed by atoms with Crippen LogP contribution in [0.5, 0.6) is 0 Å². The maximum atomic E-state index is 3.58. The Morgan fingerprint density at radius 1 is 1.25 bits per heavy atom. The van der Waals surface area contributed by atoms with E-state index in [1.165, 1.54) is 0 Å². The molecule has 0 amide bonds. The van der Waals surface area contributed by atoms with Crippen LogP contribution in [-0.4, -0.2) is 49.2 Å². The van der Waals surface area contributed by atoms with Crippen LogP contribution in [-0.2, 0) is 0 Å². The molecule has 0 saturated carbocycles. The molecule has 0 heterocycles. The van der Waals surface area contributed by atoms with Crippen LogP contribution in [0.2, 0.25) is 0 Å². The summed E-state index contributed by atoms with van der Waals surface area (Å²) in [6.07, 6.45) is 3.79. The van der Waals surface area contributed by atoms with E-state index >= 15 is 0 Å². The molecular weight excluding hydrogens is 144 g/mol. The molecule has 0 aromatic carbocycles. The van der Waals surface area contributed by atoms with Gasteiger partial charge in [0.2, 0.25) is 0 Å². The monoisotopic (exact) mass is 156 g/mol. The SMILES string of the molecule is C=CCSCC=C.[Ca+2].[H-].[H-]. The summed E-state index contributed by atoms with van der Waals surface area (Å²) in [6.45, 7) is 7.15. The standard InChI is InChI=1S/C6H10S.Ca.2H/c1-3-5-7-6-4-2;;;/h3-4H,1-2,5-6H2;;;/q;+2;2*-1. The Balaban J connectivity index is -0.0000000600. The van der Waals surface area contributed by atoms with Crippen molar-refractivity contribution in [2.24, 2.45) is 0 Å². The van der Waals surface area contributed by atoms with Crippen LogP contribution in [0.3, 0.4) is 0 Å². The Labute approximate surface area is 88.4 Å². The van der Waals surface area contributed by atoms with Gasteiger partial charge in [0.1, 0.15) is 0 Å². The van der Waals surface area contributed by atoms with Gasteiger partial charge in [0.05, 0.1) is 0 Å². The van der Waals surface area contributed by atoms with Crippen LogP contribution < -0.4 is 0 Å². The van der Waals surface area contributed by atoms with Crippen molar-refractivity contribution in [1.82, 2.24) is 0 Å². The molecule has 0 atom stereocenters. The van der Waals surface area contributed by atoms with Gasteiger partial charge in [-0.3, -0.25) is 0 Å². The first-order chi connectivity index (χ1) is 3.41. The minimum Gasteiger partial charge on any atom is -1.00 e. The second-order valence-corrected chi connectivity index (χ2v) is 2.19. The zero-order valence-electron chi connectivity index (χ0n) is 7.10. The first-order valence-electron chi connectivity index (χ1n) is 2.21. The van der Waals surface area contributed by atoms with Crippen LogP contribution in [0, 0.1) is 0 Å². The summed E-state index contributed by atoms with van der Waals surface area (Å²) in [7, 11) is 0.